The summed E-state index contributed by atoms with van der Waals surface area (Å²) < 4.78 is 0. The Labute approximate surface area is 50.2 Å². The summed E-state index contributed by atoms with van der Waals surface area (Å²) in [5.74, 6) is 1.16. The lowest BCUT2D eigenvalue weighted by Crippen LogP contribution is -1.97. The molecule has 0 heterocycles. The topological polar surface area (TPSA) is 40.5 Å². The molecule has 0 saturated heterocycles. The molecule has 0 aliphatic rings. The fraction of sp³-hybridized carbons (Fsp3) is 0.833. The molecule has 0 amide bonds. The molecular formula is C6H13O2. The molecule has 0 aliphatic carbocycles. The summed E-state index contributed by atoms with van der Waals surface area (Å²) in [6.45, 7) is 2.34. The third-order valence-corrected chi connectivity index (χ3v) is 1.08. The van der Waals surface area contributed by atoms with Crippen molar-refractivity contribution in [2.45, 2.75) is 19.8 Å². The molecule has 0 aliphatic heterocycles. The predicted octanol–water partition coefficient (Wildman–Crippen LogP) is 0.346. The number of rotatable bonds is 4. The molecular weight excluding hydrogens is 104 g/mol. The van der Waals surface area contributed by atoms with Gasteiger partial charge in [-0.3, -0.25) is 0 Å². The van der Waals surface area contributed by atoms with Gasteiger partial charge in [-0.1, -0.05) is 6.92 Å². The van der Waals surface area contributed by atoms with Crippen LogP contribution in [0.15, 0.2) is 0 Å². The van der Waals surface area contributed by atoms with E-state index in [-0.39, 0.29) is 13.2 Å². The van der Waals surface area contributed by atoms with Gasteiger partial charge in [0.2, 0.25) is 0 Å². The second kappa shape index (κ2) is 5.06. The normalized spacial score (nSPS) is 10.5. The molecule has 0 aromatic carbocycles. The number of aliphatic hydroxyl groups is 2. The lowest BCUT2D eigenvalue weighted by molar-refractivity contribution is 0.268. The van der Waals surface area contributed by atoms with Crippen molar-refractivity contribution < 1.29 is 10.2 Å². The summed E-state index contributed by atoms with van der Waals surface area (Å²) in [5, 5.41) is 16.7. The van der Waals surface area contributed by atoms with Gasteiger partial charge in [0.05, 0.1) is 0 Å². The summed E-state index contributed by atoms with van der Waals surface area (Å²) in [6, 6.07) is 0. The standard InChI is InChI=1S/C6H13O2/c1-6(2-4-7)3-5-8/h7-8H,2-5H2,1H3. The van der Waals surface area contributed by atoms with Gasteiger partial charge in [0, 0.05) is 13.2 Å². The number of hydrogen-bond donors (Lipinski definition) is 2. The molecule has 0 fully saturated rings. The van der Waals surface area contributed by atoms with Crippen LogP contribution in [0.3, 0.4) is 0 Å². The summed E-state index contributed by atoms with van der Waals surface area (Å²) in [4.78, 5) is 0. The molecule has 49 valence electrons. The fourth-order valence-corrected chi connectivity index (χ4v) is 0.507. The Morgan fingerprint density at radius 1 is 1.12 bits per heavy atom. The predicted molar refractivity (Wildman–Crippen MR) is 32.3 cm³/mol. The van der Waals surface area contributed by atoms with E-state index in [1.54, 1.807) is 0 Å². The summed E-state index contributed by atoms with van der Waals surface area (Å²) >= 11 is 0. The Morgan fingerprint density at radius 2 is 1.50 bits per heavy atom. The van der Waals surface area contributed by atoms with Crippen molar-refractivity contribution in [2.24, 2.45) is 0 Å². The van der Waals surface area contributed by atoms with Gasteiger partial charge in [-0.15, -0.1) is 0 Å². The van der Waals surface area contributed by atoms with E-state index < -0.39 is 0 Å². The Hall–Kier alpha value is -0.0800. The fourth-order valence-electron chi connectivity index (χ4n) is 0.507. The summed E-state index contributed by atoms with van der Waals surface area (Å²) in [5.41, 5.74) is 0. The van der Waals surface area contributed by atoms with Crippen molar-refractivity contribution in [1.82, 2.24) is 0 Å². The molecule has 0 unspecified atom stereocenters. The van der Waals surface area contributed by atoms with E-state index in [1.165, 1.54) is 0 Å². The summed E-state index contributed by atoms with van der Waals surface area (Å²) in [6.07, 6.45) is 1.45. The van der Waals surface area contributed by atoms with Crippen LogP contribution >= 0.6 is 0 Å². The largest absolute Gasteiger partial charge is 0.396 e. The molecule has 8 heavy (non-hydrogen) atoms. The first-order valence-electron chi connectivity index (χ1n) is 2.84. The maximum atomic E-state index is 8.36. The minimum Gasteiger partial charge on any atom is -0.396 e. The van der Waals surface area contributed by atoms with Crippen molar-refractivity contribution in [2.75, 3.05) is 13.2 Å². The Bertz CT molecular complexity index is 39.8. The van der Waals surface area contributed by atoms with Gasteiger partial charge in [0.15, 0.2) is 0 Å². The highest BCUT2D eigenvalue weighted by Gasteiger charge is 1.98. The van der Waals surface area contributed by atoms with E-state index in [0.717, 1.165) is 18.8 Å². The lowest BCUT2D eigenvalue weighted by Gasteiger charge is -2.03. The van der Waals surface area contributed by atoms with Crippen LogP contribution in [0.25, 0.3) is 0 Å². The zero-order valence-corrected chi connectivity index (χ0v) is 5.22. The molecule has 0 spiro atoms. The molecule has 0 atom stereocenters. The van der Waals surface area contributed by atoms with Crippen molar-refractivity contribution >= 4 is 0 Å². The maximum Gasteiger partial charge on any atom is 0.0436 e. The van der Waals surface area contributed by atoms with E-state index in [2.05, 4.69) is 0 Å². The van der Waals surface area contributed by atoms with Crippen LogP contribution in [0.2, 0.25) is 0 Å². The SMILES string of the molecule is C[C](CCO)CCO. The number of hydrogen-bond acceptors (Lipinski definition) is 2. The maximum absolute atomic E-state index is 8.36. The van der Waals surface area contributed by atoms with Gasteiger partial charge in [-0.25, -0.2) is 0 Å². The first-order chi connectivity index (χ1) is 3.81. The molecule has 0 aromatic heterocycles. The van der Waals surface area contributed by atoms with Gasteiger partial charge in [0.1, 0.15) is 0 Å². The molecule has 2 N–H and O–H groups in total. The average Bonchev–Trinajstić information content (AvgIpc) is 1.68. The highest BCUT2D eigenvalue weighted by atomic mass is 16.3. The minimum atomic E-state index is 0.200. The molecule has 0 aromatic rings. The van der Waals surface area contributed by atoms with E-state index in [0.29, 0.717) is 0 Å². The second-order valence-corrected chi connectivity index (χ2v) is 1.90. The molecule has 0 saturated carbocycles. The van der Waals surface area contributed by atoms with E-state index in [1.807, 2.05) is 6.92 Å². The van der Waals surface area contributed by atoms with Crippen LogP contribution in [0.1, 0.15) is 19.8 Å². The molecule has 0 bridgehead atoms. The van der Waals surface area contributed by atoms with Crippen LogP contribution in [-0.4, -0.2) is 23.4 Å². The Morgan fingerprint density at radius 3 is 1.75 bits per heavy atom. The van der Waals surface area contributed by atoms with Crippen LogP contribution in [0.4, 0.5) is 0 Å². The van der Waals surface area contributed by atoms with Crippen LogP contribution in [0, 0.1) is 5.92 Å². The third kappa shape index (κ3) is 4.09. The zero-order chi connectivity index (χ0) is 6.41. The highest BCUT2D eigenvalue weighted by molar-refractivity contribution is 4.82. The Balaban J connectivity index is 2.92. The molecule has 2 nitrogen and oxygen atoms in total. The van der Waals surface area contributed by atoms with Crippen LogP contribution < -0.4 is 0 Å². The molecule has 2 heteroatoms. The van der Waals surface area contributed by atoms with Gasteiger partial charge in [-0.05, 0) is 18.8 Å². The average molecular weight is 117 g/mol. The molecule has 1 radical (unpaired) electrons. The monoisotopic (exact) mass is 117 g/mol. The lowest BCUT2D eigenvalue weighted by atomic mass is 10.1. The van der Waals surface area contributed by atoms with Gasteiger partial charge >= 0.3 is 0 Å². The van der Waals surface area contributed by atoms with Crippen molar-refractivity contribution in [3.63, 3.8) is 0 Å². The van der Waals surface area contributed by atoms with Gasteiger partial charge in [-0.2, -0.15) is 0 Å². The van der Waals surface area contributed by atoms with Crippen LogP contribution in [-0.2, 0) is 0 Å². The summed E-state index contributed by atoms with van der Waals surface area (Å²) in [7, 11) is 0. The first kappa shape index (κ1) is 7.92. The minimum absolute atomic E-state index is 0.200. The van der Waals surface area contributed by atoms with E-state index in [9.17, 15) is 0 Å². The smallest absolute Gasteiger partial charge is 0.0436 e. The molecule has 0 rings (SSSR count). The third-order valence-electron chi connectivity index (χ3n) is 1.08. The Kier molecular flexibility index (Phi) is 5.01. The van der Waals surface area contributed by atoms with E-state index in [4.69, 9.17) is 10.2 Å². The second-order valence-electron chi connectivity index (χ2n) is 1.90. The zero-order valence-electron chi connectivity index (χ0n) is 5.22. The van der Waals surface area contributed by atoms with Gasteiger partial charge < -0.3 is 10.2 Å². The number of aliphatic hydroxyl groups excluding tert-OH is 2. The first-order valence-corrected chi connectivity index (χ1v) is 2.84. The highest BCUT2D eigenvalue weighted by Crippen LogP contribution is 2.06. The van der Waals surface area contributed by atoms with Crippen molar-refractivity contribution in [3.05, 3.63) is 5.92 Å². The van der Waals surface area contributed by atoms with E-state index >= 15 is 0 Å². The van der Waals surface area contributed by atoms with Crippen molar-refractivity contribution in [1.29, 1.82) is 0 Å². The van der Waals surface area contributed by atoms with Crippen molar-refractivity contribution in [3.8, 4) is 0 Å². The quantitative estimate of drug-likeness (QED) is 0.557. The van der Waals surface area contributed by atoms with Crippen LogP contribution in [0.5, 0.6) is 0 Å². The van der Waals surface area contributed by atoms with Gasteiger partial charge in [0.25, 0.3) is 0 Å².